The number of carbonyl (C=O) groups is 1. The summed E-state index contributed by atoms with van der Waals surface area (Å²) >= 11 is 0. The Kier molecular flexibility index (Phi) is 10.1. The lowest BCUT2D eigenvalue weighted by molar-refractivity contribution is -0.137. The first-order chi connectivity index (χ1) is 16.9. The fourth-order valence-corrected chi connectivity index (χ4v) is 4.07. The van der Waals surface area contributed by atoms with Gasteiger partial charge in [0, 0.05) is 13.2 Å². The van der Waals surface area contributed by atoms with E-state index in [-0.39, 0.29) is 17.4 Å². The molecular weight excluding hydrogens is 467 g/mol. The van der Waals surface area contributed by atoms with E-state index in [1.807, 2.05) is 13.0 Å². The zero-order valence-corrected chi connectivity index (χ0v) is 21.4. The van der Waals surface area contributed by atoms with Crippen LogP contribution in [0.15, 0.2) is 76.9 Å². The number of hydrogen-bond acceptors (Lipinski definition) is 4. The van der Waals surface area contributed by atoms with Gasteiger partial charge in [0.1, 0.15) is 11.8 Å². The monoisotopic (exact) mass is 499 g/mol. The highest BCUT2D eigenvalue weighted by atomic mass is 19.4. The third kappa shape index (κ3) is 7.82. The molecule has 1 aliphatic rings. The molecule has 3 atom stereocenters. The Morgan fingerprint density at radius 1 is 1.17 bits per heavy atom. The van der Waals surface area contributed by atoms with E-state index in [0.717, 1.165) is 24.1 Å². The fourth-order valence-electron chi connectivity index (χ4n) is 4.07. The van der Waals surface area contributed by atoms with Crippen molar-refractivity contribution in [1.29, 1.82) is 5.26 Å². The maximum Gasteiger partial charge on any atom is 0.416 e. The van der Waals surface area contributed by atoms with E-state index in [2.05, 4.69) is 32.9 Å². The van der Waals surface area contributed by atoms with E-state index in [0.29, 0.717) is 23.5 Å². The first kappa shape index (κ1) is 28.9. The van der Waals surface area contributed by atoms with E-state index in [9.17, 15) is 18.0 Å². The molecule has 0 aliphatic heterocycles. The first-order valence-corrected chi connectivity index (χ1v) is 11.6. The van der Waals surface area contributed by atoms with Crippen LogP contribution in [0.2, 0.25) is 0 Å². The molecule has 0 saturated heterocycles. The molecule has 36 heavy (non-hydrogen) atoms. The number of carbonyl (C=O) groups excluding carboxylic acids is 1. The molecule has 0 fully saturated rings. The average molecular weight is 500 g/mol. The normalized spacial score (nSPS) is 21.8. The van der Waals surface area contributed by atoms with Crippen LogP contribution in [0.5, 0.6) is 5.75 Å². The van der Waals surface area contributed by atoms with Gasteiger partial charge in [-0.05, 0) is 68.4 Å². The van der Waals surface area contributed by atoms with E-state index in [1.165, 1.54) is 17.2 Å². The Bertz CT molecular complexity index is 1160. The number of alkyl halides is 3. The Hall–Kier alpha value is -3.37. The highest BCUT2D eigenvalue weighted by Gasteiger charge is 2.32. The topological polar surface area (TPSA) is 59.3 Å². The molecule has 0 amide bonds. The zero-order chi connectivity index (χ0) is 27.0. The van der Waals surface area contributed by atoms with Gasteiger partial charge >= 0.3 is 12.1 Å². The molecule has 0 N–H and O–H groups in total. The van der Waals surface area contributed by atoms with Crippen LogP contribution in [0.25, 0.3) is 0 Å². The molecule has 1 aliphatic carbocycles. The third-order valence-corrected chi connectivity index (χ3v) is 6.40. The molecule has 7 heteroatoms. The lowest BCUT2D eigenvalue weighted by atomic mass is 9.75. The summed E-state index contributed by atoms with van der Waals surface area (Å²) in [5, 5.41) is 9.11. The number of esters is 1. The molecule has 1 aromatic carbocycles. The number of halogens is 3. The van der Waals surface area contributed by atoms with Crippen molar-refractivity contribution in [2.45, 2.75) is 53.3 Å². The molecule has 0 saturated carbocycles. The molecule has 0 spiro atoms. The Balaban J connectivity index is 2.04. The zero-order valence-electron chi connectivity index (χ0n) is 21.4. The van der Waals surface area contributed by atoms with Crippen LogP contribution >= 0.6 is 0 Å². The Labute approximate surface area is 211 Å². The maximum atomic E-state index is 12.8. The predicted molar refractivity (Wildman–Crippen MR) is 134 cm³/mol. The molecular formula is C29H32F3NO3. The number of benzene rings is 1. The van der Waals surface area contributed by atoms with Gasteiger partial charge in [0.2, 0.25) is 0 Å². The molecule has 0 bridgehead atoms. The minimum atomic E-state index is -4.59. The fraction of sp³-hybridized carbons (Fsp3) is 0.379. The molecule has 0 radical (unpaired) electrons. The summed E-state index contributed by atoms with van der Waals surface area (Å²) in [6.45, 7) is 10.2. The van der Waals surface area contributed by atoms with E-state index in [4.69, 9.17) is 14.7 Å². The second-order valence-electron chi connectivity index (χ2n) is 9.09. The predicted octanol–water partition coefficient (Wildman–Crippen LogP) is 7.49. The lowest BCUT2D eigenvalue weighted by Gasteiger charge is -2.35. The molecule has 0 aromatic heterocycles. The molecule has 3 unspecified atom stereocenters. The largest absolute Gasteiger partial charge is 0.422 e. The van der Waals surface area contributed by atoms with Crippen LogP contribution in [0, 0.1) is 23.2 Å². The summed E-state index contributed by atoms with van der Waals surface area (Å²) < 4.78 is 49.1. The Morgan fingerprint density at radius 3 is 2.47 bits per heavy atom. The van der Waals surface area contributed by atoms with Gasteiger partial charge in [-0.2, -0.15) is 18.4 Å². The van der Waals surface area contributed by atoms with Gasteiger partial charge in [0.25, 0.3) is 0 Å². The quantitative estimate of drug-likeness (QED) is 0.169. The van der Waals surface area contributed by atoms with Gasteiger partial charge < -0.3 is 9.47 Å². The van der Waals surface area contributed by atoms with Crippen molar-refractivity contribution in [2.75, 3.05) is 7.11 Å². The minimum Gasteiger partial charge on any atom is -0.422 e. The number of hydrogen-bond donors (Lipinski definition) is 0. The molecule has 192 valence electrons. The van der Waals surface area contributed by atoms with E-state index < -0.39 is 17.7 Å². The summed E-state index contributed by atoms with van der Waals surface area (Å²) in [7, 11) is 1.76. The second-order valence-corrected chi connectivity index (χ2v) is 9.09. The highest BCUT2D eigenvalue weighted by Crippen LogP contribution is 2.36. The van der Waals surface area contributed by atoms with Gasteiger partial charge in [-0.15, -0.1) is 0 Å². The van der Waals surface area contributed by atoms with Crippen molar-refractivity contribution in [1.82, 2.24) is 0 Å². The average Bonchev–Trinajstić information content (AvgIpc) is 2.80. The van der Waals surface area contributed by atoms with Crippen LogP contribution in [0.1, 0.15) is 52.2 Å². The van der Waals surface area contributed by atoms with Crippen molar-refractivity contribution < 1.29 is 27.4 Å². The van der Waals surface area contributed by atoms with Gasteiger partial charge in [0.05, 0.1) is 17.2 Å². The van der Waals surface area contributed by atoms with Gasteiger partial charge in [-0.1, -0.05) is 55.4 Å². The van der Waals surface area contributed by atoms with Gasteiger partial charge in [-0.25, -0.2) is 4.79 Å². The van der Waals surface area contributed by atoms with Crippen LogP contribution < -0.4 is 4.74 Å². The van der Waals surface area contributed by atoms with Crippen molar-refractivity contribution in [3.63, 3.8) is 0 Å². The van der Waals surface area contributed by atoms with Crippen molar-refractivity contribution >= 4 is 5.97 Å². The SMILES string of the molecule is COC1CC(C)=C(/C=C/C(C)=C/C=C/C(C)=C/C(=O)Oc2ccc(C(F)(F)F)cc2C#N)C(C)C1C. The van der Waals surface area contributed by atoms with Crippen molar-refractivity contribution in [3.05, 3.63) is 88.1 Å². The maximum absolute atomic E-state index is 12.8. The highest BCUT2D eigenvalue weighted by molar-refractivity contribution is 5.85. The van der Waals surface area contributed by atoms with E-state index in [1.54, 1.807) is 32.3 Å². The van der Waals surface area contributed by atoms with Crippen LogP contribution in [-0.2, 0) is 15.7 Å². The number of nitrogens with zero attached hydrogens (tertiary/aromatic N) is 1. The van der Waals surface area contributed by atoms with Crippen molar-refractivity contribution in [2.24, 2.45) is 11.8 Å². The molecule has 2 rings (SSSR count). The van der Waals surface area contributed by atoms with Crippen LogP contribution in [0.3, 0.4) is 0 Å². The number of ether oxygens (including phenoxy) is 2. The molecule has 4 nitrogen and oxygen atoms in total. The van der Waals surface area contributed by atoms with Crippen LogP contribution in [-0.4, -0.2) is 19.2 Å². The summed E-state index contributed by atoms with van der Waals surface area (Å²) in [6, 6.07) is 4.02. The number of nitriles is 1. The van der Waals surface area contributed by atoms with Gasteiger partial charge in [-0.3, -0.25) is 0 Å². The lowest BCUT2D eigenvalue weighted by Crippen LogP contribution is -2.31. The Morgan fingerprint density at radius 2 is 1.86 bits per heavy atom. The van der Waals surface area contributed by atoms with E-state index >= 15 is 0 Å². The van der Waals surface area contributed by atoms with Gasteiger partial charge in [0.15, 0.2) is 0 Å². The summed E-state index contributed by atoms with van der Waals surface area (Å²) in [6.07, 6.45) is 7.41. The first-order valence-electron chi connectivity index (χ1n) is 11.6. The summed E-state index contributed by atoms with van der Waals surface area (Å²) in [5.41, 5.74) is 2.91. The molecule has 0 heterocycles. The number of allylic oxidation sites excluding steroid dienone is 8. The van der Waals surface area contributed by atoms with Crippen LogP contribution in [0.4, 0.5) is 13.2 Å². The standard InChI is InChI=1S/C29H32F3NO3/c1-18(10-12-25-20(3)15-27(35-6)22(5)21(25)4)8-7-9-19(2)14-28(34)36-26-13-11-24(29(30,31)32)16-23(26)17-33/h7-14,16,21-22,27H,15H2,1-6H3/b9-7+,12-10+,18-8+,19-14+. The molecule has 1 aromatic rings. The summed E-state index contributed by atoms with van der Waals surface area (Å²) in [5.74, 6) is -0.184. The minimum absolute atomic E-state index is 0.225. The summed E-state index contributed by atoms with van der Waals surface area (Å²) in [4.78, 5) is 12.2. The third-order valence-electron chi connectivity index (χ3n) is 6.40. The smallest absolute Gasteiger partial charge is 0.416 e. The number of rotatable bonds is 7. The second kappa shape index (κ2) is 12.5. The van der Waals surface area contributed by atoms with Crippen molar-refractivity contribution in [3.8, 4) is 11.8 Å². The number of methoxy groups -OCH3 is 1.